The Kier molecular flexibility index (Phi) is 14.3. The van der Waals surface area contributed by atoms with Crippen LogP contribution in [0.1, 0.15) is 18.4 Å². The minimum atomic E-state index is -5.08. The van der Waals surface area contributed by atoms with E-state index in [2.05, 4.69) is 20.4 Å². The number of aromatic nitrogens is 2. The molecule has 3 aromatic rings. The Hall–Kier alpha value is -4.64. The smallest absolute Gasteiger partial charge is 0.490 e. The molecule has 1 aromatic heterocycles. The first kappa shape index (κ1) is 36.6. The third kappa shape index (κ3) is 14.1. The predicted octanol–water partition coefficient (Wildman–Crippen LogP) is 4.97. The van der Waals surface area contributed by atoms with Gasteiger partial charge < -0.3 is 25.0 Å². The van der Waals surface area contributed by atoms with Gasteiger partial charge >= 0.3 is 24.3 Å². The molecule has 0 atom stereocenters. The molecule has 0 bridgehead atoms. The fourth-order valence-corrected chi connectivity index (χ4v) is 3.65. The number of H-pyrrole nitrogens is 1. The highest BCUT2D eigenvalue weighted by Gasteiger charge is 2.38. The van der Waals surface area contributed by atoms with Crippen LogP contribution < -0.4 is 10.1 Å². The highest BCUT2D eigenvalue weighted by Crippen LogP contribution is 2.31. The number of amides is 1. The van der Waals surface area contributed by atoms with Crippen LogP contribution in [0.25, 0.3) is 11.1 Å². The molecule has 0 radical (unpaired) electrons. The first-order valence-electron chi connectivity index (χ1n) is 13.2. The van der Waals surface area contributed by atoms with Crippen molar-refractivity contribution < 1.29 is 60.4 Å². The molecule has 45 heavy (non-hydrogen) atoms. The largest absolute Gasteiger partial charge is 0.490 e. The first-order valence-corrected chi connectivity index (χ1v) is 13.2. The van der Waals surface area contributed by atoms with Gasteiger partial charge in [0.15, 0.2) is 0 Å². The number of carboxylic acids is 2. The number of nitrogens with zero attached hydrogens (tertiary/aromatic N) is 2. The van der Waals surface area contributed by atoms with Crippen LogP contribution in [-0.4, -0.2) is 88.4 Å². The Labute approximate surface area is 252 Å². The maximum Gasteiger partial charge on any atom is 0.490 e. The summed E-state index contributed by atoms with van der Waals surface area (Å²) >= 11 is 0. The summed E-state index contributed by atoms with van der Waals surface area (Å²) in [6.45, 7) is 4.08. The molecule has 1 amide bonds. The van der Waals surface area contributed by atoms with Crippen LogP contribution in [0.2, 0.25) is 0 Å². The number of benzene rings is 2. The second-order valence-corrected chi connectivity index (χ2v) is 9.23. The standard InChI is InChI=1S/C24H28N4O3.2C2HF3O2/c29-24(18-30-17-19-6-2-1-3-7-19)27-22-9-8-20(21-15-25-26-16-21)14-23(22)31-13-12-28-10-4-5-11-28;2*3-2(4,5)1(6)7/h1-3,6-9,14-16H,4-5,10-13,17-18H2,(H,25,26)(H,27,29);2*(H,6,7). The summed E-state index contributed by atoms with van der Waals surface area (Å²) in [4.78, 5) is 32.6. The number of carbonyl (C=O) groups excluding carboxylic acids is 1. The monoisotopic (exact) mass is 648 g/mol. The van der Waals surface area contributed by atoms with Gasteiger partial charge in [0.25, 0.3) is 0 Å². The van der Waals surface area contributed by atoms with E-state index in [4.69, 9.17) is 29.3 Å². The summed E-state index contributed by atoms with van der Waals surface area (Å²) in [5.41, 5.74) is 3.62. The molecule has 4 rings (SSSR count). The number of alkyl halides is 6. The van der Waals surface area contributed by atoms with Crippen molar-refractivity contribution in [2.75, 3.05) is 38.2 Å². The molecule has 17 heteroatoms. The molecule has 0 aliphatic carbocycles. The Balaban J connectivity index is 0.000000421. The number of ether oxygens (including phenoxy) is 2. The van der Waals surface area contributed by atoms with Crippen LogP contribution in [0.4, 0.5) is 32.0 Å². The van der Waals surface area contributed by atoms with Crippen LogP contribution in [-0.2, 0) is 25.7 Å². The lowest BCUT2D eigenvalue weighted by atomic mass is 10.1. The molecule has 2 aromatic carbocycles. The van der Waals surface area contributed by atoms with E-state index in [9.17, 15) is 31.1 Å². The predicted molar refractivity (Wildman–Crippen MR) is 147 cm³/mol. The van der Waals surface area contributed by atoms with Gasteiger partial charge in [0.05, 0.1) is 18.5 Å². The average Bonchev–Trinajstić information content (AvgIpc) is 3.69. The van der Waals surface area contributed by atoms with Gasteiger partial charge in [0, 0.05) is 18.3 Å². The second-order valence-electron chi connectivity index (χ2n) is 9.23. The van der Waals surface area contributed by atoms with Crippen LogP contribution in [0.3, 0.4) is 0 Å². The Morgan fingerprint density at radius 3 is 2.04 bits per heavy atom. The fraction of sp³-hybridized carbons (Fsp3) is 0.357. The number of carbonyl (C=O) groups is 3. The summed E-state index contributed by atoms with van der Waals surface area (Å²) in [6, 6.07) is 15.5. The van der Waals surface area contributed by atoms with Crippen molar-refractivity contribution in [1.29, 1.82) is 0 Å². The zero-order chi connectivity index (χ0) is 33.5. The summed E-state index contributed by atoms with van der Waals surface area (Å²) in [5, 5.41) is 24.0. The topological polar surface area (TPSA) is 154 Å². The van der Waals surface area contributed by atoms with Crippen LogP contribution in [0.5, 0.6) is 5.75 Å². The van der Waals surface area contributed by atoms with Crippen molar-refractivity contribution in [2.45, 2.75) is 31.8 Å². The maximum atomic E-state index is 12.4. The van der Waals surface area contributed by atoms with E-state index in [1.165, 1.54) is 12.8 Å². The minimum Gasteiger partial charge on any atom is -0.490 e. The normalized spacial score (nSPS) is 13.1. The number of aromatic amines is 1. The second kappa shape index (κ2) is 17.6. The van der Waals surface area contributed by atoms with Crippen molar-refractivity contribution in [3.8, 4) is 16.9 Å². The van der Waals surface area contributed by atoms with Gasteiger partial charge in [-0.1, -0.05) is 36.4 Å². The number of likely N-dealkylation sites (tertiary alicyclic amines) is 1. The number of rotatable bonds is 10. The van der Waals surface area contributed by atoms with Gasteiger partial charge in [0.1, 0.15) is 19.0 Å². The van der Waals surface area contributed by atoms with Crippen molar-refractivity contribution in [3.63, 3.8) is 0 Å². The molecule has 1 saturated heterocycles. The molecule has 11 nitrogen and oxygen atoms in total. The summed E-state index contributed by atoms with van der Waals surface area (Å²) in [6.07, 6.45) is -4.07. The molecule has 4 N–H and O–H groups in total. The number of anilines is 1. The lowest BCUT2D eigenvalue weighted by Gasteiger charge is -2.17. The summed E-state index contributed by atoms with van der Waals surface area (Å²) in [7, 11) is 0. The van der Waals surface area contributed by atoms with E-state index in [-0.39, 0.29) is 12.5 Å². The molecule has 0 unspecified atom stereocenters. The fourth-order valence-electron chi connectivity index (χ4n) is 3.65. The van der Waals surface area contributed by atoms with Gasteiger partial charge in [-0.3, -0.25) is 14.8 Å². The molecular weight excluding hydrogens is 618 g/mol. The number of carboxylic acid groups (broad SMARTS) is 2. The molecule has 1 aliphatic heterocycles. The van der Waals surface area contributed by atoms with Gasteiger partial charge in [-0.05, 0) is 49.2 Å². The Bertz CT molecular complexity index is 1320. The number of nitrogens with one attached hydrogen (secondary N) is 2. The van der Waals surface area contributed by atoms with Gasteiger partial charge in [-0.25, -0.2) is 9.59 Å². The minimum absolute atomic E-state index is 0.0222. The van der Waals surface area contributed by atoms with Crippen molar-refractivity contribution >= 4 is 23.5 Å². The van der Waals surface area contributed by atoms with Crippen LogP contribution in [0.15, 0.2) is 60.9 Å². The van der Waals surface area contributed by atoms with E-state index in [1.807, 2.05) is 54.7 Å². The molecule has 1 fully saturated rings. The molecule has 0 spiro atoms. The lowest BCUT2D eigenvalue weighted by Crippen LogP contribution is -2.25. The van der Waals surface area contributed by atoms with Gasteiger partial charge in [0.2, 0.25) is 5.91 Å². The van der Waals surface area contributed by atoms with Crippen molar-refractivity contribution in [3.05, 3.63) is 66.5 Å². The van der Waals surface area contributed by atoms with Crippen LogP contribution in [0, 0.1) is 0 Å². The highest BCUT2D eigenvalue weighted by atomic mass is 19.4. The molecule has 0 saturated carbocycles. The summed E-state index contributed by atoms with van der Waals surface area (Å²) in [5.74, 6) is -5.08. The Morgan fingerprint density at radius 2 is 1.51 bits per heavy atom. The van der Waals surface area contributed by atoms with Gasteiger partial charge in [-0.15, -0.1) is 0 Å². The maximum absolute atomic E-state index is 12.4. The average molecular weight is 649 g/mol. The van der Waals surface area contributed by atoms with E-state index >= 15 is 0 Å². The van der Waals surface area contributed by atoms with Crippen molar-refractivity contribution in [1.82, 2.24) is 15.1 Å². The van der Waals surface area contributed by atoms with E-state index in [1.54, 1.807) is 6.20 Å². The molecule has 2 heterocycles. The van der Waals surface area contributed by atoms with E-state index < -0.39 is 24.3 Å². The zero-order valence-corrected chi connectivity index (χ0v) is 23.5. The number of hydrogen-bond donors (Lipinski definition) is 4. The van der Waals surface area contributed by atoms with E-state index in [0.29, 0.717) is 24.7 Å². The third-order valence-corrected chi connectivity index (χ3v) is 5.78. The third-order valence-electron chi connectivity index (χ3n) is 5.78. The summed E-state index contributed by atoms with van der Waals surface area (Å²) < 4.78 is 75.1. The SMILES string of the molecule is O=C(COCc1ccccc1)Nc1ccc(-c2cn[nH]c2)cc1OCCN1CCCC1.O=C(O)C(F)(F)F.O=C(O)C(F)(F)F. The quantitative estimate of drug-likeness (QED) is 0.223. The number of halogens is 6. The van der Waals surface area contributed by atoms with Crippen LogP contribution >= 0.6 is 0 Å². The number of aliphatic carboxylic acids is 2. The van der Waals surface area contributed by atoms with Crippen molar-refractivity contribution in [2.24, 2.45) is 0 Å². The van der Waals surface area contributed by atoms with E-state index in [0.717, 1.165) is 36.3 Å². The zero-order valence-electron chi connectivity index (χ0n) is 23.5. The first-order chi connectivity index (χ1) is 21.2. The molecule has 1 aliphatic rings. The van der Waals surface area contributed by atoms with Gasteiger partial charge in [-0.2, -0.15) is 31.4 Å². The lowest BCUT2D eigenvalue weighted by molar-refractivity contribution is -0.193. The highest BCUT2D eigenvalue weighted by molar-refractivity contribution is 5.93. The number of hydrogen-bond acceptors (Lipinski definition) is 7. The molecule has 246 valence electrons. The Morgan fingerprint density at radius 1 is 0.911 bits per heavy atom. The molecular formula is C28H30F6N4O7.